The highest BCUT2D eigenvalue weighted by Gasteiger charge is 2.36. The lowest BCUT2D eigenvalue weighted by Crippen LogP contribution is -2.55. The van der Waals surface area contributed by atoms with E-state index in [-0.39, 0.29) is 36.6 Å². The zero-order valence-electron chi connectivity index (χ0n) is 28.6. The van der Waals surface area contributed by atoms with Crippen molar-refractivity contribution in [2.75, 3.05) is 70.8 Å². The van der Waals surface area contributed by atoms with Gasteiger partial charge in [0.2, 0.25) is 0 Å². The number of carboxylic acids is 1. The third-order valence-corrected chi connectivity index (χ3v) is 11.9. The van der Waals surface area contributed by atoms with Gasteiger partial charge in [0.1, 0.15) is 5.75 Å². The fraction of sp³-hybridized carbons (Fsp3) is 0.556. The van der Waals surface area contributed by atoms with E-state index in [9.17, 15) is 24.3 Å². The normalized spacial score (nSPS) is 20.4. The molecule has 13 nitrogen and oxygen atoms in total. The molecule has 3 N–H and O–H groups in total. The number of urea groups is 1. The van der Waals surface area contributed by atoms with Gasteiger partial charge in [0.05, 0.1) is 15.4 Å². The maximum Gasteiger partial charge on any atom is 0.410 e. The number of nitrogens with one attached hydrogen (secondary N) is 1. The first-order chi connectivity index (χ1) is 24.5. The molecule has 3 fully saturated rings. The molecule has 4 heterocycles. The second-order valence-corrected chi connectivity index (χ2v) is 15.5. The van der Waals surface area contributed by atoms with Crippen LogP contribution in [0.25, 0.3) is 0 Å². The van der Waals surface area contributed by atoms with E-state index < -0.39 is 18.2 Å². The molecular formula is C36H46Br2N6O7. The number of aliphatic carboxylic acids is 1. The highest BCUT2D eigenvalue weighted by molar-refractivity contribution is 9.11. The van der Waals surface area contributed by atoms with Crippen LogP contribution in [0.5, 0.6) is 5.75 Å². The van der Waals surface area contributed by atoms with Crippen molar-refractivity contribution < 1.29 is 34.1 Å². The van der Waals surface area contributed by atoms with Gasteiger partial charge < -0.3 is 39.9 Å². The first kappa shape index (κ1) is 37.4. The highest BCUT2D eigenvalue weighted by atomic mass is 79.9. The molecule has 1 atom stereocenters. The third kappa shape index (κ3) is 9.34. The Hall–Kier alpha value is -3.40. The Morgan fingerprint density at radius 2 is 1.49 bits per heavy atom. The summed E-state index contributed by atoms with van der Waals surface area (Å²) in [5.74, 6) is -0.969. The van der Waals surface area contributed by atoms with Gasteiger partial charge in [-0.2, -0.15) is 0 Å². The second-order valence-electron chi connectivity index (χ2n) is 13.8. The molecule has 0 unspecified atom stereocenters. The van der Waals surface area contributed by atoms with E-state index >= 15 is 0 Å². The summed E-state index contributed by atoms with van der Waals surface area (Å²) in [5, 5.41) is 22.3. The van der Waals surface area contributed by atoms with E-state index in [1.54, 1.807) is 21.9 Å². The number of hydrogen-bond donors (Lipinski definition) is 3. The van der Waals surface area contributed by atoms with E-state index in [0.717, 1.165) is 62.3 Å². The Bertz CT molecular complexity index is 1570. The molecule has 4 amide bonds. The first-order valence-electron chi connectivity index (χ1n) is 17.8. The van der Waals surface area contributed by atoms with E-state index in [0.29, 0.717) is 67.1 Å². The molecule has 6 rings (SSSR count). The number of rotatable bonds is 9. The maximum atomic E-state index is 14.1. The quantitative estimate of drug-likeness (QED) is 0.330. The van der Waals surface area contributed by atoms with Crippen molar-refractivity contribution in [1.82, 2.24) is 24.5 Å². The lowest BCUT2D eigenvalue weighted by molar-refractivity contribution is -0.143. The maximum absolute atomic E-state index is 14.1. The van der Waals surface area contributed by atoms with Crippen LogP contribution in [0.4, 0.5) is 15.3 Å². The predicted octanol–water partition coefficient (Wildman–Crippen LogP) is 4.60. The number of likely N-dealkylation sites (tertiary alicyclic amines) is 2. The standard InChI is InChI=1S/C36H46Br2N6O7/c37-28-21-24(22-29(38)33(28)47)23-31(34(48)42-12-6-26(7-13-42)41-19-17-40(18-20-41)11-10-32(45)46)51-36(50)43-14-8-27(9-15-43)44-16-5-25-3-1-2-4-30(25)39-35(44)49/h1-4,21-22,26-27,31,47H,5-20,23H2,(H,39,49)(H,45,46)/t31-/m1/s1. The average molecular weight is 835 g/mol. The molecule has 4 aliphatic heterocycles. The van der Waals surface area contributed by atoms with Crippen LogP contribution < -0.4 is 5.32 Å². The number of carbonyl (C=O) groups is 4. The van der Waals surface area contributed by atoms with Crippen LogP contribution in [0.15, 0.2) is 45.3 Å². The smallest absolute Gasteiger partial charge is 0.410 e. The van der Waals surface area contributed by atoms with Crippen molar-refractivity contribution in [3.05, 3.63) is 56.5 Å². The van der Waals surface area contributed by atoms with Crippen molar-refractivity contribution in [2.45, 2.75) is 63.1 Å². The van der Waals surface area contributed by atoms with Gasteiger partial charge in [0.25, 0.3) is 5.91 Å². The summed E-state index contributed by atoms with van der Waals surface area (Å²) in [6, 6.07) is 11.5. The molecule has 0 saturated carbocycles. The van der Waals surface area contributed by atoms with E-state index in [1.807, 2.05) is 29.2 Å². The predicted molar refractivity (Wildman–Crippen MR) is 198 cm³/mol. The van der Waals surface area contributed by atoms with Gasteiger partial charge in [-0.05, 0) is 93.3 Å². The zero-order valence-corrected chi connectivity index (χ0v) is 31.8. The Morgan fingerprint density at radius 3 is 2.16 bits per heavy atom. The summed E-state index contributed by atoms with van der Waals surface area (Å²) in [6.07, 6.45) is 2.28. The molecule has 51 heavy (non-hydrogen) atoms. The van der Waals surface area contributed by atoms with Gasteiger partial charge in [-0.3, -0.25) is 14.5 Å². The number of nitrogens with zero attached hydrogens (tertiary/aromatic N) is 5. The largest absolute Gasteiger partial charge is 0.506 e. The van der Waals surface area contributed by atoms with Crippen LogP contribution in [-0.2, 0) is 27.2 Å². The number of para-hydroxylation sites is 1. The molecule has 2 aromatic carbocycles. The summed E-state index contributed by atoms with van der Waals surface area (Å²) in [4.78, 5) is 61.7. The van der Waals surface area contributed by atoms with E-state index in [1.165, 1.54) is 0 Å². The number of phenols is 1. The van der Waals surface area contributed by atoms with Crippen LogP contribution in [0.2, 0.25) is 0 Å². The van der Waals surface area contributed by atoms with Crippen LogP contribution in [0, 0.1) is 0 Å². The SMILES string of the molecule is O=C(O)CCN1CCN(C2CCN(C(=O)[C@@H](Cc3cc(Br)c(O)c(Br)c3)OC(=O)N3CCC(N4CCc5ccccc5NC4=O)CC3)CC2)CC1. The number of piperazine rings is 1. The van der Waals surface area contributed by atoms with Gasteiger partial charge in [0.15, 0.2) is 6.10 Å². The van der Waals surface area contributed by atoms with Crippen molar-refractivity contribution in [2.24, 2.45) is 0 Å². The minimum atomic E-state index is -1.05. The van der Waals surface area contributed by atoms with Crippen molar-refractivity contribution in [3.63, 3.8) is 0 Å². The summed E-state index contributed by atoms with van der Waals surface area (Å²) < 4.78 is 6.97. The fourth-order valence-electron chi connectivity index (χ4n) is 7.68. The molecule has 276 valence electrons. The molecule has 15 heteroatoms. The van der Waals surface area contributed by atoms with E-state index in [2.05, 4.69) is 47.0 Å². The minimum Gasteiger partial charge on any atom is -0.506 e. The van der Waals surface area contributed by atoms with Crippen molar-refractivity contribution in [1.29, 1.82) is 0 Å². The zero-order chi connectivity index (χ0) is 36.1. The Kier molecular flexibility index (Phi) is 12.4. The number of phenolic OH excluding ortho intramolecular Hbond substituents is 1. The van der Waals surface area contributed by atoms with Crippen LogP contribution in [-0.4, -0.2) is 142 Å². The fourth-order valence-corrected chi connectivity index (χ4v) is 8.97. The highest BCUT2D eigenvalue weighted by Crippen LogP contribution is 2.34. The summed E-state index contributed by atoms with van der Waals surface area (Å²) >= 11 is 6.75. The second kappa shape index (κ2) is 17.0. The Morgan fingerprint density at radius 1 is 0.863 bits per heavy atom. The molecule has 3 saturated heterocycles. The number of hydrogen-bond acceptors (Lipinski definition) is 8. The number of piperidine rings is 2. The molecular weight excluding hydrogens is 788 g/mol. The van der Waals surface area contributed by atoms with Gasteiger partial charge in [-0.15, -0.1) is 0 Å². The lowest BCUT2D eigenvalue weighted by Gasteiger charge is -2.43. The van der Waals surface area contributed by atoms with Crippen LogP contribution in [0.3, 0.4) is 0 Å². The molecule has 0 radical (unpaired) electrons. The summed E-state index contributed by atoms with van der Waals surface area (Å²) in [7, 11) is 0. The number of amides is 4. The van der Waals surface area contributed by atoms with Gasteiger partial charge in [-0.25, -0.2) is 9.59 Å². The monoisotopic (exact) mass is 832 g/mol. The third-order valence-electron chi connectivity index (χ3n) is 10.7. The molecule has 4 aliphatic rings. The Balaban J connectivity index is 1.05. The number of ether oxygens (including phenoxy) is 1. The first-order valence-corrected chi connectivity index (χ1v) is 19.4. The topological polar surface area (TPSA) is 146 Å². The van der Waals surface area contributed by atoms with E-state index in [4.69, 9.17) is 9.84 Å². The molecule has 0 bridgehead atoms. The van der Waals surface area contributed by atoms with Gasteiger partial charge >= 0.3 is 18.1 Å². The number of benzene rings is 2. The molecule has 0 spiro atoms. The van der Waals surface area contributed by atoms with Crippen molar-refractivity contribution >= 4 is 61.5 Å². The minimum absolute atomic E-state index is 0.0125. The van der Waals surface area contributed by atoms with Crippen LogP contribution in [0.1, 0.15) is 43.2 Å². The number of aromatic hydroxyl groups is 1. The molecule has 0 aliphatic carbocycles. The average Bonchev–Trinajstić information content (AvgIpc) is 3.30. The van der Waals surface area contributed by atoms with Crippen LogP contribution >= 0.6 is 31.9 Å². The molecule has 0 aromatic heterocycles. The number of carbonyl (C=O) groups excluding carboxylic acids is 3. The Labute approximate surface area is 315 Å². The number of halogens is 2. The van der Waals surface area contributed by atoms with Crippen molar-refractivity contribution in [3.8, 4) is 5.75 Å². The van der Waals surface area contributed by atoms with Gasteiger partial charge in [0, 0.05) is 89.6 Å². The molecule has 2 aromatic rings. The number of anilines is 1. The number of fused-ring (bicyclic) bond motifs is 1. The van der Waals surface area contributed by atoms with Gasteiger partial charge in [-0.1, -0.05) is 18.2 Å². The summed E-state index contributed by atoms with van der Waals surface area (Å²) in [6.45, 7) is 6.49. The number of carboxylic acid groups (broad SMARTS) is 1. The lowest BCUT2D eigenvalue weighted by atomic mass is 10.0. The summed E-state index contributed by atoms with van der Waals surface area (Å²) in [5.41, 5.74) is 2.67.